The molecule has 3 N–H and O–H groups in total. The molecular formula is C75H146O17P2. The second-order valence-electron chi connectivity index (χ2n) is 28.2. The van der Waals surface area contributed by atoms with E-state index in [0.29, 0.717) is 31.6 Å². The molecule has 0 rings (SSSR count). The van der Waals surface area contributed by atoms with Gasteiger partial charge in [-0.3, -0.25) is 37.3 Å². The number of carbonyl (C=O) groups is 4. The minimum atomic E-state index is -4.96. The Kier molecular flexibility index (Phi) is 63.1. The molecule has 0 radical (unpaired) electrons. The molecule has 0 saturated carbocycles. The number of phosphoric ester groups is 2. The van der Waals surface area contributed by atoms with Gasteiger partial charge in [-0.15, -0.1) is 0 Å². The molecule has 17 nitrogen and oxygen atoms in total. The van der Waals surface area contributed by atoms with Crippen LogP contribution < -0.4 is 0 Å². The molecule has 0 aliphatic heterocycles. The first kappa shape index (κ1) is 92.1. The van der Waals surface area contributed by atoms with Gasteiger partial charge in [0.25, 0.3) is 0 Å². The van der Waals surface area contributed by atoms with E-state index in [9.17, 15) is 43.2 Å². The lowest BCUT2D eigenvalue weighted by Gasteiger charge is -2.21. The van der Waals surface area contributed by atoms with Crippen LogP contribution in [0.3, 0.4) is 0 Å². The highest BCUT2D eigenvalue weighted by Gasteiger charge is 2.30. The Morgan fingerprint density at radius 2 is 0.511 bits per heavy atom. The van der Waals surface area contributed by atoms with Gasteiger partial charge >= 0.3 is 39.5 Å². The zero-order valence-corrected chi connectivity index (χ0v) is 63.4. The second-order valence-corrected chi connectivity index (χ2v) is 31.1. The summed E-state index contributed by atoms with van der Waals surface area (Å²) in [6.45, 7) is 14.1. The Hall–Kier alpha value is -1.94. The fraction of sp³-hybridized carbons (Fsp3) is 0.947. The molecule has 0 saturated heterocycles. The van der Waals surface area contributed by atoms with Crippen molar-refractivity contribution in [3.8, 4) is 0 Å². The molecule has 0 heterocycles. The van der Waals surface area contributed by atoms with Crippen molar-refractivity contribution in [1.29, 1.82) is 0 Å². The smallest absolute Gasteiger partial charge is 0.462 e. The highest BCUT2D eigenvalue weighted by atomic mass is 31.2. The molecule has 0 spiro atoms. The average molecular weight is 1380 g/mol. The van der Waals surface area contributed by atoms with E-state index in [1.165, 1.54) is 173 Å². The quantitative estimate of drug-likeness (QED) is 0.0222. The lowest BCUT2D eigenvalue weighted by molar-refractivity contribution is -0.161. The van der Waals surface area contributed by atoms with Gasteiger partial charge in [0, 0.05) is 25.7 Å². The van der Waals surface area contributed by atoms with Crippen LogP contribution in [0.15, 0.2) is 0 Å². The van der Waals surface area contributed by atoms with E-state index in [2.05, 4.69) is 55.4 Å². The normalized spacial score (nSPS) is 15.0. The molecule has 19 heteroatoms. The van der Waals surface area contributed by atoms with Crippen molar-refractivity contribution in [1.82, 2.24) is 0 Å². The van der Waals surface area contributed by atoms with E-state index >= 15 is 0 Å². The van der Waals surface area contributed by atoms with Crippen molar-refractivity contribution >= 4 is 39.5 Å². The summed E-state index contributed by atoms with van der Waals surface area (Å²) < 4.78 is 68.4. The third kappa shape index (κ3) is 64.7. The standard InChI is InChI=1S/C75H146O17P2/c1-9-66(6)52-44-36-28-22-20-18-16-14-12-13-15-17-19-21-23-30-39-47-55-72(77)85-61-70(91-74(79)57-49-41-31-25-24-29-37-45-53-67(7)10-2)63-89-93(81,82)87-59-69(76)60-88-94(83,84)90-64-71(92-75(80)58-50-42-32-26-27-35-43-51-65(4)5)62-86-73(78)56-48-40-34-33-38-46-54-68(8)11-3/h65-71,76H,9-64H2,1-8H3,(H,81,82)(H,83,84)/t66?,67?,68?,69-,70-,71-/m1/s1. The van der Waals surface area contributed by atoms with E-state index in [0.717, 1.165) is 114 Å². The maximum Gasteiger partial charge on any atom is 0.472 e. The Bertz CT molecular complexity index is 1860. The van der Waals surface area contributed by atoms with Gasteiger partial charge in [0.15, 0.2) is 12.2 Å². The molecule has 8 atom stereocenters. The summed E-state index contributed by atoms with van der Waals surface area (Å²) in [6, 6.07) is 0. The maximum absolute atomic E-state index is 13.1. The van der Waals surface area contributed by atoms with Gasteiger partial charge in [0.05, 0.1) is 26.4 Å². The number of ether oxygens (including phenoxy) is 4. The molecule has 5 unspecified atom stereocenters. The minimum Gasteiger partial charge on any atom is -0.462 e. The van der Waals surface area contributed by atoms with Crippen molar-refractivity contribution in [3.05, 3.63) is 0 Å². The summed E-state index contributed by atoms with van der Waals surface area (Å²) in [6.07, 6.45) is 48.8. The van der Waals surface area contributed by atoms with Crippen LogP contribution in [-0.4, -0.2) is 96.7 Å². The highest BCUT2D eigenvalue weighted by molar-refractivity contribution is 7.47. The molecule has 558 valence electrons. The maximum atomic E-state index is 13.1. The van der Waals surface area contributed by atoms with Crippen LogP contribution >= 0.6 is 15.6 Å². The SMILES string of the molecule is CCC(C)CCCCCCCCCCCCCCCCCCCCC(=O)OC[C@H](COP(=O)(O)OC[C@@H](O)COP(=O)(O)OC[C@@H](COC(=O)CCCCCCCCC(C)CC)OC(=O)CCCCCCCCCC(C)C)OC(=O)CCCCCCCCCCC(C)CC. The van der Waals surface area contributed by atoms with Gasteiger partial charge in [-0.25, -0.2) is 9.13 Å². The molecule has 0 aromatic carbocycles. The van der Waals surface area contributed by atoms with Crippen LogP contribution in [0.5, 0.6) is 0 Å². The summed E-state index contributed by atoms with van der Waals surface area (Å²) in [7, 11) is -9.91. The van der Waals surface area contributed by atoms with Crippen molar-refractivity contribution in [2.24, 2.45) is 23.7 Å². The van der Waals surface area contributed by atoms with Crippen LogP contribution in [0, 0.1) is 23.7 Å². The van der Waals surface area contributed by atoms with Crippen LogP contribution in [-0.2, 0) is 65.4 Å². The largest absolute Gasteiger partial charge is 0.472 e. The Balaban J connectivity index is 5.15. The number of carbonyl (C=O) groups excluding carboxylic acids is 4. The van der Waals surface area contributed by atoms with Crippen LogP contribution in [0.2, 0.25) is 0 Å². The van der Waals surface area contributed by atoms with Gasteiger partial charge in [-0.05, 0) is 49.4 Å². The third-order valence-electron chi connectivity index (χ3n) is 18.4. The average Bonchev–Trinajstić information content (AvgIpc) is 1.93. The van der Waals surface area contributed by atoms with Gasteiger partial charge in [-0.2, -0.15) is 0 Å². The van der Waals surface area contributed by atoms with Crippen molar-refractivity contribution in [3.63, 3.8) is 0 Å². The summed E-state index contributed by atoms with van der Waals surface area (Å²) in [5.41, 5.74) is 0. The van der Waals surface area contributed by atoms with E-state index in [4.69, 9.17) is 37.0 Å². The Morgan fingerprint density at radius 3 is 0.755 bits per heavy atom. The third-order valence-corrected chi connectivity index (χ3v) is 20.3. The summed E-state index contributed by atoms with van der Waals surface area (Å²) in [4.78, 5) is 72.6. The lowest BCUT2D eigenvalue weighted by atomic mass is 9.99. The fourth-order valence-electron chi connectivity index (χ4n) is 11.3. The zero-order valence-electron chi connectivity index (χ0n) is 61.6. The first-order valence-electron chi connectivity index (χ1n) is 38.8. The number of hydrogen-bond acceptors (Lipinski definition) is 15. The monoisotopic (exact) mass is 1380 g/mol. The second kappa shape index (κ2) is 64.4. The van der Waals surface area contributed by atoms with E-state index < -0.39 is 97.5 Å². The molecule has 0 aliphatic rings. The topological polar surface area (TPSA) is 237 Å². The number of phosphoric acid groups is 2. The number of aliphatic hydroxyl groups excluding tert-OH is 1. The van der Waals surface area contributed by atoms with E-state index in [1.807, 2.05) is 0 Å². The molecule has 0 amide bonds. The first-order valence-corrected chi connectivity index (χ1v) is 41.8. The van der Waals surface area contributed by atoms with Crippen LogP contribution in [0.1, 0.15) is 376 Å². The van der Waals surface area contributed by atoms with Gasteiger partial charge in [0.1, 0.15) is 19.3 Å². The number of unbranched alkanes of at least 4 members (excludes halogenated alkanes) is 35. The number of hydrogen-bond donors (Lipinski definition) is 3. The Morgan fingerprint density at radius 1 is 0.298 bits per heavy atom. The summed E-state index contributed by atoms with van der Waals surface area (Å²) in [5, 5.41) is 10.6. The zero-order chi connectivity index (χ0) is 69.6. The molecule has 0 aromatic rings. The molecule has 0 aromatic heterocycles. The highest BCUT2D eigenvalue weighted by Crippen LogP contribution is 2.45. The van der Waals surface area contributed by atoms with Gasteiger partial charge in [0.2, 0.25) is 0 Å². The number of esters is 4. The van der Waals surface area contributed by atoms with E-state index in [1.54, 1.807) is 0 Å². The minimum absolute atomic E-state index is 0.102. The molecule has 0 bridgehead atoms. The van der Waals surface area contributed by atoms with Crippen LogP contribution in [0.4, 0.5) is 0 Å². The summed E-state index contributed by atoms with van der Waals surface area (Å²) >= 11 is 0. The van der Waals surface area contributed by atoms with E-state index in [-0.39, 0.29) is 25.7 Å². The fourth-order valence-corrected chi connectivity index (χ4v) is 12.9. The van der Waals surface area contributed by atoms with Gasteiger partial charge in [-0.1, -0.05) is 325 Å². The predicted molar refractivity (Wildman–Crippen MR) is 381 cm³/mol. The Labute approximate surface area is 575 Å². The number of aliphatic hydroxyl groups is 1. The molecule has 0 aliphatic carbocycles. The van der Waals surface area contributed by atoms with Crippen molar-refractivity contribution < 1.29 is 80.2 Å². The first-order chi connectivity index (χ1) is 45.2. The van der Waals surface area contributed by atoms with Gasteiger partial charge < -0.3 is 33.8 Å². The lowest BCUT2D eigenvalue weighted by Crippen LogP contribution is -2.30. The summed E-state index contributed by atoms with van der Waals surface area (Å²) in [5.74, 6) is 0.941. The number of rotatable bonds is 72. The molecule has 94 heavy (non-hydrogen) atoms. The van der Waals surface area contributed by atoms with Crippen LogP contribution in [0.25, 0.3) is 0 Å². The van der Waals surface area contributed by atoms with Crippen molar-refractivity contribution in [2.45, 2.75) is 395 Å². The predicted octanol–water partition coefficient (Wildman–Crippen LogP) is 21.7. The van der Waals surface area contributed by atoms with Crippen molar-refractivity contribution in [2.75, 3.05) is 39.6 Å². The molecule has 0 fully saturated rings. The molecular weight excluding hydrogens is 1230 g/mol.